The Balaban J connectivity index is 0.00000169. The van der Waals surface area contributed by atoms with Crippen molar-refractivity contribution in [1.29, 1.82) is 0 Å². The minimum absolute atomic E-state index is 0. The Morgan fingerprint density at radius 3 is 2.71 bits per heavy atom. The van der Waals surface area contributed by atoms with E-state index in [2.05, 4.69) is 41.6 Å². The summed E-state index contributed by atoms with van der Waals surface area (Å²) in [4.78, 5) is 20.8. The standard InChI is InChI=1S/C17H21N3OS2.ClH/c1-10-3-4-13(22-10)14-11(2)23-16(19-14)20-15(21)12-9-17(12)5-7-18-8-6-17;/h3-4,12,18H,5-9H2,1-2H3,(H,19,20,21);1H. The molecule has 2 aliphatic rings. The number of rotatable bonds is 3. The number of nitrogens with one attached hydrogen (secondary N) is 2. The van der Waals surface area contributed by atoms with Gasteiger partial charge in [-0.1, -0.05) is 0 Å². The van der Waals surface area contributed by atoms with Crippen LogP contribution < -0.4 is 10.6 Å². The van der Waals surface area contributed by atoms with Crippen LogP contribution in [0, 0.1) is 25.2 Å². The van der Waals surface area contributed by atoms with E-state index in [9.17, 15) is 4.79 Å². The van der Waals surface area contributed by atoms with E-state index in [1.165, 1.54) is 9.75 Å². The molecule has 130 valence electrons. The van der Waals surface area contributed by atoms with Crippen molar-refractivity contribution in [3.63, 3.8) is 0 Å². The number of thiophene rings is 1. The van der Waals surface area contributed by atoms with Gasteiger partial charge in [-0.2, -0.15) is 0 Å². The molecule has 1 amide bonds. The first-order chi connectivity index (χ1) is 11.1. The summed E-state index contributed by atoms with van der Waals surface area (Å²) in [5, 5.41) is 7.19. The second kappa shape index (κ2) is 6.75. The summed E-state index contributed by atoms with van der Waals surface area (Å²) in [7, 11) is 0. The first-order valence-electron chi connectivity index (χ1n) is 8.13. The lowest BCUT2D eigenvalue weighted by atomic mass is 9.92. The largest absolute Gasteiger partial charge is 0.317 e. The zero-order valence-electron chi connectivity index (χ0n) is 13.8. The Labute approximate surface area is 156 Å². The number of aromatic nitrogens is 1. The second-order valence-electron chi connectivity index (χ2n) is 6.69. The lowest BCUT2D eigenvalue weighted by Gasteiger charge is -2.22. The third-order valence-electron chi connectivity index (χ3n) is 5.11. The van der Waals surface area contributed by atoms with Crippen LogP contribution >= 0.6 is 35.1 Å². The number of anilines is 1. The van der Waals surface area contributed by atoms with Gasteiger partial charge in [-0.25, -0.2) is 4.98 Å². The van der Waals surface area contributed by atoms with Crippen LogP contribution in [-0.2, 0) is 4.79 Å². The van der Waals surface area contributed by atoms with Gasteiger partial charge in [0.15, 0.2) is 5.13 Å². The van der Waals surface area contributed by atoms with Crippen molar-refractivity contribution in [1.82, 2.24) is 10.3 Å². The molecule has 4 nitrogen and oxygen atoms in total. The molecular weight excluding hydrogens is 362 g/mol. The van der Waals surface area contributed by atoms with Gasteiger partial charge < -0.3 is 10.6 Å². The van der Waals surface area contributed by atoms with E-state index in [-0.39, 0.29) is 29.6 Å². The Morgan fingerprint density at radius 2 is 2.04 bits per heavy atom. The fourth-order valence-electron chi connectivity index (χ4n) is 3.63. The van der Waals surface area contributed by atoms with Crippen LogP contribution in [-0.4, -0.2) is 24.0 Å². The summed E-state index contributed by atoms with van der Waals surface area (Å²) >= 11 is 3.33. The first-order valence-corrected chi connectivity index (χ1v) is 9.76. The molecule has 1 saturated carbocycles. The number of thiazole rings is 1. The average molecular weight is 384 g/mol. The summed E-state index contributed by atoms with van der Waals surface area (Å²) in [6.45, 7) is 6.26. The number of amides is 1. The second-order valence-corrected chi connectivity index (χ2v) is 9.18. The highest BCUT2D eigenvalue weighted by molar-refractivity contribution is 7.18. The molecule has 0 bridgehead atoms. The van der Waals surface area contributed by atoms with Crippen molar-refractivity contribution in [2.45, 2.75) is 33.1 Å². The molecule has 2 fully saturated rings. The SMILES string of the molecule is Cc1ccc(-c2nc(NC(=O)C3CC34CCNCC4)sc2C)s1.Cl. The zero-order valence-corrected chi connectivity index (χ0v) is 16.3. The van der Waals surface area contributed by atoms with Gasteiger partial charge in [-0.3, -0.25) is 4.79 Å². The van der Waals surface area contributed by atoms with Gasteiger partial charge in [0, 0.05) is 15.7 Å². The van der Waals surface area contributed by atoms with Crippen LogP contribution in [0.15, 0.2) is 12.1 Å². The minimum Gasteiger partial charge on any atom is -0.317 e. The van der Waals surface area contributed by atoms with Crippen molar-refractivity contribution in [3.8, 4) is 10.6 Å². The molecule has 0 aromatic carbocycles. The van der Waals surface area contributed by atoms with Crippen LogP contribution in [0.3, 0.4) is 0 Å². The average Bonchev–Trinajstić information content (AvgIpc) is 2.86. The monoisotopic (exact) mass is 383 g/mol. The third kappa shape index (κ3) is 3.25. The van der Waals surface area contributed by atoms with Gasteiger partial charge >= 0.3 is 0 Å². The Morgan fingerprint density at radius 1 is 1.29 bits per heavy atom. The molecule has 3 heterocycles. The van der Waals surface area contributed by atoms with Gasteiger partial charge in [0.05, 0.1) is 10.6 Å². The maximum absolute atomic E-state index is 12.5. The Hall–Kier alpha value is -0.950. The normalized spacial score (nSPS) is 21.3. The van der Waals surface area contributed by atoms with E-state index in [1.807, 2.05) is 0 Å². The molecule has 1 aliphatic heterocycles. The number of nitrogens with zero attached hydrogens (tertiary/aromatic N) is 1. The van der Waals surface area contributed by atoms with Crippen LogP contribution in [0.2, 0.25) is 0 Å². The van der Waals surface area contributed by atoms with E-state index in [4.69, 9.17) is 0 Å². The van der Waals surface area contributed by atoms with Crippen molar-refractivity contribution in [2.75, 3.05) is 18.4 Å². The van der Waals surface area contributed by atoms with Crippen molar-refractivity contribution >= 4 is 46.1 Å². The van der Waals surface area contributed by atoms with Crippen LogP contribution in [0.4, 0.5) is 5.13 Å². The first kappa shape index (κ1) is 17.9. The molecule has 24 heavy (non-hydrogen) atoms. The van der Waals surface area contributed by atoms with Crippen LogP contribution in [0.1, 0.15) is 29.0 Å². The predicted molar refractivity (Wildman–Crippen MR) is 103 cm³/mol. The molecule has 1 aliphatic carbocycles. The zero-order chi connectivity index (χ0) is 16.0. The quantitative estimate of drug-likeness (QED) is 0.833. The van der Waals surface area contributed by atoms with Gasteiger partial charge in [-0.15, -0.1) is 35.1 Å². The predicted octanol–water partition coefficient (Wildman–Crippen LogP) is 4.24. The molecular formula is C17H22ClN3OS2. The van der Waals surface area contributed by atoms with E-state index in [0.717, 1.165) is 48.1 Å². The number of aryl methyl sites for hydroxylation is 2. The number of carbonyl (C=O) groups is 1. The molecule has 2 aromatic rings. The fourth-order valence-corrected chi connectivity index (χ4v) is 5.44. The molecule has 4 rings (SSSR count). The topological polar surface area (TPSA) is 54.0 Å². The Kier molecular flexibility index (Phi) is 5.02. The molecule has 2 N–H and O–H groups in total. The van der Waals surface area contributed by atoms with E-state index in [0.29, 0.717) is 0 Å². The maximum atomic E-state index is 12.5. The highest BCUT2D eigenvalue weighted by Crippen LogP contribution is 2.58. The smallest absolute Gasteiger partial charge is 0.229 e. The number of hydrogen-bond donors (Lipinski definition) is 2. The highest BCUT2D eigenvalue weighted by atomic mass is 35.5. The summed E-state index contributed by atoms with van der Waals surface area (Å²) in [5.74, 6) is 0.343. The molecule has 1 saturated heterocycles. The molecule has 7 heteroatoms. The minimum atomic E-state index is 0. The molecule has 0 radical (unpaired) electrons. The maximum Gasteiger partial charge on any atom is 0.229 e. The van der Waals surface area contributed by atoms with Crippen molar-refractivity contribution in [2.24, 2.45) is 11.3 Å². The summed E-state index contributed by atoms with van der Waals surface area (Å²) in [6, 6.07) is 4.22. The summed E-state index contributed by atoms with van der Waals surface area (Å²) in [5.41, 5.74) is 1.28. The van der Waals surface area contributed by atoms with E-state index in [1.54, 1.807) is 22.7 Å². The van der Waals surface area contributed by atoms with Gasteiger partial charge in [0.25, 0.3) is 0 Å². The summed E-state index contributed by atoms with van der Waals surface area (Å²) < 4.78 is 0. The molecule has 1 atom stereocenters. The molecule has 1 spiro atoms. The summed E-state index contributed by atoms with van der Waals surface area (Å²) in [6.07, 6.45) is 3.30. The molecule has 2 aromatic heterocycles. The van der Waals surface area contributed by atoms with Gasteiger partial charge in [0.2, 0.25) is 5.91 Å². The molecule has 1 unspecified atom stereocenters. The lowest BCUT2D eigenvalue weighted by Crippen LogP contribution is -2.31. The van der Waals surface area contributed by atoms with Crippen molar-refractivity contribution in [3.05, 3.63) is 21.9 Å². The van der Waals surface area contributed by atoms with Crippen molar-refractivity contribution < 1.29 is 4.79 Å². The lowest BCUT2D eigenvalue weighted by molar-refractivity contribution is -0.118. The fraction of sp³-hybridized carbons (Fsp3) is 0.529. The number of carbonyl (C=O) groups excluding carboxylic acids is 1. The van der Waals surface area contributed by atoms with Gasteiger partial charge in [0.1, 0.15) is 0 Å². The number of halogens is 1. The Bertz CT molecular complexity index is 749. The van der Waals surface area contributed by atoms with Gasteiger partial charge in [-0.05, 0) is 63.7 Å². The number of hydrogen-bond acceptors (Lipinski definition) is 5. The third-order valence-corrected chi connectivity index (χ3v) is 7.00. The highest BCUT2D eigenvalue weighted by Gasteiger charge is 2.57. The van der Waals surface area contributed by atoms with Crippen LogP contribution in [0.5, 0.6) is 0 Å². The van der Waals surface area contributed by atoms with E-state index < -0.39 is 0 Å². The van der Waals surface area contributed by atoms with E-state index >= 15 is 0 Å². The number of piperidine rings is 1. The van der Waals surface area contributed by atoms with Crippen LogP contribution in [0.25, 0.3) is 10.6 Å².